The van der Waals surface area contributed by atoms with Crippen molar-refractivity contribution in [1.29, 1.82) is 0 Å². The second-order valence-electron chi connectivity index (χ2n) is 5.92. The minimum absolute atomic E-state index is 0.0676. The van der Waals surface area contributed by atoms with Gasteiger partial charge in [0.15, 0.2) is 0 Å². The maximum Gasteiger partial charge on any atom is 0.150 e. The van der Waals surface area contributed by atoms with Gasteiger partial charge in [0.1, 0.15) is 15.6 Å². The Hall–Kier alpha value is -0.380. The summed E-state index contributed by atoms with van der Waals surface area (Å²) in [5.74, 6) is 0.345. The molecule has 16 heavy (non-hydrogen) atoms. The molecule has 94 valence electrons. The topological polar surface area (TPSA) is 51.2 Å². The van der Waals surface area contributed by atoms with Crippen molar-refractivity contribution < 1.29 is 13.2 Å². The lowest BCUT2D eigenvalue weighted by Crippen LogP contribution is -2.34. The highest BCUT2D eigenvalue weighted by Crippen LogP contribution is 2.33. The maximum absolute atomic E-state index is 12.0. The van der Waals surface area contributed by atoms with Gasteiger partial charge in [-0.25, -0.2) is 8.42 Å². The zero-order valence-electron chi connectivity index (χ0n) is 10.6. The molecule has 0 saturated heterocycles. The Morgan fingerprint density at radius 3 is 1.81 bits per heavy atom. The smallest absolute Gasteiger partial charge is 0.150 e. The molecule has 4 heteroatoms. The number of hydrogen-bond donors (Lipinski definition) is 0. The van der Waals surface area contributed by atoms with Crippen LogP contribution in [0, 0.1) is 11.3 Å². The van der Waals surface area contributed by atoms with E-state index in [4.69, 9.17) is 0 Å². The van der Waals surface area contributed by atoms with Crippen LogP contribution >= 0.6 is 0 Å². The van der Waals surface area contributed by atoms with Gasteiger partial charge in [-0.1, -0.05) is 20.8 Å². The number of Topliss-reactive ketones (excluding diaryl/α,β-unsaturated/α-hetero) is 1. The molecule has 0 amide bonds. The fraction of sp³-hybridized carbons (Fsp3) is 0.917. The monoisotopic (exact) mass is 246 g/mol. The Balaban J connectivity index is 2.60. The summed E-state index contributed by atoms with van der Waals surface area (Å²) in [6.45, 7) is 5.79. The molecule has 0 unspecified atom stereocenters. The summed E-state index contributed by atoms with van der Waals surface area (Å²) in [6.07, 6.45) is 4.04. The van der Waals surface area contributed by atoms with E-state index in [1.54, 1.807) is 0 Å². The van der Waals surface area contributed by atoms with Gasteiger partial charge in [-0.3, -0.25) is 4.79 Å². The van der Waals surface area contributed by atoms with Gasteiger partial charge in [-0.15, -0.1) is 0 Å². The average molecular weight is 246 g/mol. The van der Waals surface area contributed by atoms with Crippen LogP contribution in [0.4, 0.5) is 0 Å². The molecule has 0 atom stereocenters. The molecule has 0 spiro atoms. The van der Waals surface area contributed by atoms with Gasteiger partial charge in [-0.2, -0.15) is 0 Å². The van der Waals surface area contributed by atoms with E-state index in [0.717, 1.165) is 12.8 Å². The summed E-state index contributed by atoms with van der Waals surface area (Å²) < 4.78 is 22.7. The zero-order chi connectivity index (χ0) is 12.6. The molecule has 1 saturated carbocycles. The second-order valence-corrected chi connectivity index (χ2v) is 8.24. The average Bonchev–Trinajstić information content (AvgIpc) is 2.14. The molecule has 1 rings (SSSR count). The quantitative estimate of drug-likeness (QED) is 0.750. The number of rotatable bonds is 2. The van der Waals surface area contributed by atoms with E-state index >= 15 is 0 Å². The number of ketones is 1. The molecule has 0 aromatic carbocycles. The molecule has 0 aromatic rings. The SMILES string of the molecule is CC(C)(C)C(=O)[C@H]1CC[C@H](S(C)(=O)=O)CC1. The molecule has 0 heterocycles. The molecule has 0 N–H and O–H groups in total. The van der Waals surface area contributed by atoms with Crippen LogP contribution < -0.4 is 0 Å². The van der Waals surface area contributed by atoms with Crippen LogP contribution in [0.2, 0.25) is 0 Å². The third-order valence-corrected chi connectivity index (χ3v) is 5.07. The standard InChI is InChI=1S/C12H22O3S/c1-12(2,3)11(13)9-5-7-10(8-6-9)16(4,14)15/h9-10H,5-8H2,1-4H3/t9-,10-. The van der Waals surface area contributed by atoms with Crippen molar-refractivity contribution in [2.45, 2.75) is 51.7 Å². The van der Waals surface area contributed by atoms with E-state index in [2.05, 4.69) is 0 Å². The third kappa shape index (κ3) is 3.30. The van der Waals surface area contributed by atoms with Gasteiger partial charge in [-0.05, 0) is 25.7 Å². The van der Waals surface area contributed by atoms with Crippen LogP contribution in [0.3, 0.4) is 0 Å². The highest BCUT2D eigenvalue weighted by atomic mass is 32.2. The van der Waals surface area contributed by atoms with Gasteiger partial charge in [0.25, 0.3) is 0 Å². The van der Waals surface area contributed by atoms with E-state index in [9.17, 15) is 13.2 Å². The van der Waals surface area contributed by atoms with E-state index in [0.29, 0.717) is 12.8 Å². The predicted octanol–water partition coefficient (Wildman–Crippen LogP) is 2.21. The molecule has 0 aromatic heterocycles. The highest BCUT2D eigenvalue weighted by molar-refractivity contribution is 7.91. The van der Waals surface area contributed by atoms with E-state index in [1.165, 1.54) is 6.26 Å². The van der Waals surface area contributed by atoms with Crippen LogP contribution in [0.5, 0.6) is 0 Å². The molecule has 1 fully saturated rings. The van der Waals surface area contributed by atoms with Crippen LogP contribution in [0.25, 0.3) is 0 Å². The van der Waals surface area contributed by atoms with Crippen LogP contribution in [0.15, 0.2) is 0 Å². The van der Waals surface area contributed by atoms with Crippen molar-refractivity contribution in [3.05, 3.63) is 0 Å². The number of hydrogen-bond acceptors (Lipinski definition) is 3. The van der Waals surface area contributed by atoms with Crippen molar-refractivity contribution in [3.63, 3.8) is 0 Å². The van der Waals surface area contributed by atoms with E-state index in [1.807, 2.05) is 20.8 Å². The maximum atomic E-state index is 12.0. The number of carbonyl (C=O) groups is 1. The molecule has 3 nitrogen and oxygen atoms in total. The van der Waals surface area contributed by atoms with Crippen LogP contribution in [0.1, 0.15) is 46.5 Å². The van der Waals surface area contributed by atoms with Crippen molar-refractivity contribution in [2.75, 3.05) is 6.26 Å². The summed E-state index contributed by atoms with van der Waals surface area (Å²) in [5.41, 5.74) is -0.303. The fourth-order valence-electron chi connectivity index (χ4n) is 2.37. The third-order valence-electron chi connectivity index (χ3n) is 3.39. The molecule has 0 aliphatic heterocycles. The van der Waals surface area contributed by atoms with Gasteiger partial charge < -0.3 is 0 Å². The van der Waals surface area contributed by atoms with E-state index < -0.39 is 9.84 Å². The Bertz CT molecular complexity index is 354. The number of carbonyl (C=O) groups excluding carboxylic acids is 1. The van der Waals surface area contributed by atoms with Crippen LogP contribution in [-0.2, 0) is 14.6 Å². The van der Waals surface area contributed by atoms with Crippen molar-refractivity contribution in [3.8, 4) is 0 Å². The predicted molar refractivity (Wildman–Crippen MR) is 65.1 cm³/mol. The first kappa shape index (κ1) is 13.7. The molecule has 0 radical (unpaired) electrons. The lowest BCUT2D eigenvalue weighted by Gasteiger charge is -2.30. The van der Waals surface area contributed by atoms with Gasteiger partial charge in [0, 0.05) is 17.6 Å². The first-order valence-corrected chi connectivity index (χ1v) is 7.81. The minimum Gasteiger partial charge on any atom is -0.299 e. The van der Waals surface area contributed by atoms with E-state index in [-0.39, 0.29) is 22.4 Å². The lowest BCUT2D eigenvalue weighted by molar-refractivity contribution is -0.131. The summed E-state index contributed by atoms with van der Waals surface area (Å²) >= 11 is 0. The minimum atomic E-state index is -2.92. The summed E-state index contributed by atoms with van der Waals surface area (Å²) in [7, 11) is -2.92. The fourth-order valence-corrected chi connectivity index (χ4v) is 3.49. The summed E-state index contributed by atoms with van der Waals surface area (Å²) in [4.78, 5) is 12.0. The Labute approximate surface area is 98.5 Å². The van der Waals surface area contributed by atoms with Gasteiger partial charge in [0.05, 0.1) is 5.25 Å². The highest BCUT2D eigenvalue weighted by Gasteiger charge is 2.35. The normalized spacial score (nSPS) is 27.8. The molecule has 1 aliphatic carbocycles. The molecule has 1 aliphatic rings. The van der Waals surface area contributed by atoms with Crippen molar-refractivity contribution in [2.24, 2.45) is 11.3 Å². The Morgan fingerprint density at radius 1 is 1.06 bits per heavy atom. The largest absolute Gasteiger partial charge is 0.299 e. The van der Waals surface area contributed by atoms with Crippen LogP contribution in [-0.4, -0.2) is 25.7 Å². The molecular formula is C12H22O3S. The molecular weight excluding hydrogens is 224 g/mol. The molecule has 0 bridgehead atoms. The lowest BCUT2D eigenvalue weighted by atomic mass is 9.76. The summed E-state index contributed by atoms with van der Waals surface area (Å²) in [6, 6.07) is 0. The Kier molecular flexibility index (Phi) is 3.83. The first-order chi connectivity index (χ1) is 7.12. The first-order valence-electron chi connectivity index (χ1n) is 5.85. The van der Waals surface area contributed by atoms with Gasteiger partial charge in [0.2, 0.25) is 0 Å². The van der Waals surface area contributed by atoms with Gasteiger partial charge >= 0.3 is 0 Å². The van der Waals surface area contributed by atoms with Crippen molar-refractivity contribution in [1.82, 2.24) is 0 Å². The number of sulfone groups is 1. The van der Waals surface area contributed by atoms with Crippen molar-refractivity contribution >= 4 is 15.6 Å². The summed E-state index contributed by atoms with van der Waals surface area (Å²) in [5, 5.41) is -0.225. The zero-order valence-corrected chi connectivity index (χ0v) is 11.4. The Morgan fingerprint density at radius 2 is 1.50 bits per heavy atom. The second kappa shape index (κ2) is 4.47.